The summed E-state index contributed by atoms with van der Waals surface area (Å²) in [4.78, 5) is 13.3. The van der Waals surface area contributed by atoms with Crippen molar-refractivity contribution in [1.82, 2.24) is 0 Å². The Balaban J connectivity index is 2.05. The maximum Gasteiger partial charge on any atom is 0.253 e. The van der Waals surface area contributed by atoms with Gasteiger partial charge in [-0.3, -0.25) is 4.79 Å². The molecular weight excluding hydrogens is 360 g/mol. The van der Waals surface area contributed by atoms with Crippen molar-refractivity contribution in [3.8, 4) is 11.5 Å². The smallest absolute Gasteiger partial charge is 0.253 e. The lowest BCUT2D eigenvalue weighted by Crippen LogP contribution is -2.47. The molecule has 3 aliphatic rings. The molecular formula is C26H34O3. The van der Waals surface area contributed by atoms with E-state index in [2.05, 4.69) is 67.5 Å². The summed E-state index contributed by atoms with van der Waals surface area (Å²) in [5.41, 5.74) is 3.24. The van der Waals surface area contributed by atoms with Crippen molar-refractivity contribution in [3.63, 3.8) is 0 Å². The maximum atomic E-state index is 13.3. The molecule has 0 saturated heterocycles. The maximum absolute atomic E-state index is 13.3. The van der Waals surface area contributed by atoms with Crippen molar-refractivity contribution < 1.29 is 14.3 Å². The van der Waals surface area contributed by atoms with Gasteiger partial charge in [0, 0.05) is 34.4 Å². The molecule has 0 radical (unpaired) electrons. The third kappa shape index (κ3) is 2.65. The van der Waals surface area contributed by atoms with Gasteiger partial charge in [-0.2, -0.15) is 0 Å². The van der Waals surface area contributed by atoms with E-state index in [4.69, 9.17) is 9.47 Å². The van der Waals surface area contributed by atoms with Gasteiger partial charge >= 0.3 is 0 Å². The lowest BCUT2D eigenvalue weighted by molar-refractivity contribution is -0.143. The summed E-state index contributed by atoms with van der Waals surface area (Å²) in [6.07, 6.45) is 7.31. The highest BCUT2D eigenvalue weighted by atomic mass is 16.7. The Bertz CT molecular complexity index is 971. The van der Waals surface area contributed by atoms with E-state index in [1.54, 1.807) is 0 Å². The molecule has 0 saturated carbocycles. The normalized spacial score (nSPS) is 29.6. The van der Waals surface area contributed by atoms with Crippen LogP contribution in [0.1, 0.15) is 96.1 Å². The lowest BCUT2D eigenvalue weighted by Gasteiger charge is -2.45. The Labute approximate surface area is 175 Å². The van der Waals surface area contributed by atoms with Crippen LogP contribution < -0.4 is 9.47 Å². The van der Waals surface area contributed by atoms with Crippen LogP contribution in [0.3, 0.4) is 0 Å². The van der Waals surface area contributed by atoms with Crippen molar-refractivity contribution in [1.29, 1.82) is 0 Å². The fourth-order valence-corrected chi connectivity index (χ4v) is 4.98. The molecule has 0 bridgehead atoms. The molecule has 0 fully saturated rings. The van der Waals surface area contributed by atoms with Crippen LogP contribution in [0.4, 0.5) is 0 Å². The first-order valence-electron chi connectivity index (χ1n) is 10.8. The number of allylic oxidation sites excluding steroid dienone is 4. The summed E-state index contributed by atoms with van der Waals surface area (Å²) in [5, 5.41) is 0. The highest BCUT2D eigenvalue weighted by molar-refractivity contribution is 6.09. The van der Waals surface area contributed by atoms with Gasteiger partial charge in [0.05, 0.1) is 0 Å². The van der Waals surface area contributed by atoms with Gasteiger partial charge in [-0.25, -0.2) is 0 Å². The Morgan fingerprint density at radius 1 is 1.03 bits per heavy atom. The summed E-state index contributed by atoms with van der Waals surface area (Å²) in [7, 11) is 0. The lowest BCUT2D eigenvalue weighted by atomic mass is 9.57. The van der Waals surface area contributed by atoms with Gasteiger partial charge in [-0.05, 0) is 42.4 Å². The monoisotopic (exact) mass is 394 g/mol. The van der Waals surface area contributed by atoms with Crippen LogP contribution >= 0.6 is 0 Å². The molecule has 1 aromatic rings. The van der Waals surface area contributed by atoms with Gasteiger partial charge < -0.3 is 9.47 Å². The van der Waals surface area contributed by atoms with Gasteiger partial charge in [-0.15, -0.1) is 0 Å². The van der Waals surface area contributed by atoms with E-state index in [0.29, 0.717) is 0 Å². The van der Waals surface area contributed by atoms with E-state index in [0.717, 1.165) is 40.2 Å². The van der Waals surface area contributed by atoms with E-state index >= 15 is 0 Å². The van der Waals surface area contributed by atoms with E-state index in [1.165, 1.54) is 0 Å². The van der Waals surface area contributed by atoms with Gasteiger partial charge in [0.25, 0.3) is 5.79 Å². The number of carbonyl (C=O) groups is 1. The number of benzene rings is 1. The molecule has 0 amide bonds. The second-order valence-electron chi connectivity index (χ2n) is 11.2. The van der Waals surface area contributed by atoms with Crippen molar-refractivity contribution in [2.75, 3.05) is 0 Å². The Hall–Kier alpha value is -2.03. The fourth-order valence-electron chi connectivity index (χ4n) is 4.98. The summed E-state index contributed by atoms with van der Waals surface area (Å²) < 4.78 is 13.2. The van der Waals surface area contributed by atoms with E-state index in [-0.39, 0.29) is 27.9 Å². The van der Waals surface area contributed by atoms with Crippen LogP contribution in [0.25, 0.3) is 0 Å². The molecule has 2 aliphatic carbocycles. The predicted molar refractivity (Wildman–Crippen MR) is 117 cm³/mol. The molecule has 156 valence electrons. The van der Waals surface area contributed by atoms with E-state index in [9.17, 15) is 4.79 Å². The molecule has 29 heavy (non-hydrogen) atoms. The van der Waals surface area contributed by atoms with Crippen molar-refractivity contribution in [2.45, 2.75) is 85.9 Å². The third-order valence-corrected chi connectivity index (χ3v) is 7.27. The molecule has 1 aromatic carbocycles. The minimum atomic E-state index is -0.789. The van der Waals surface area contributed by atoms with Crippen molar-refractivity contribution >= 4 is 5.78 Å². The highest BCUT2D eigenvalue weighted by Crippen LogP contribution is 2.60. The zero-order valence-corrected chi connectivity index (χ0v) is 19.3. The first-order chi connectivity index (χ1) is 13.2. The van der Waals surface area contributed by atoms with Crippen molar-refractivity contribution in [2.24, 2.45) is 10.8 Å². The number of fused-ring (bicyclic) bond motifs is 5. The average molecular weight is 395 g/mol. The van der Waals surface area contributed by atoms with Gasteiger partial charge in [0.15, 0.2) is 17.3 Å². The standard InChI is InChI=1S/C26H34O3/c1-15(2)16-13-17-18(27)14-19-24(6,7)11-10-12-25(19,8)20(17)22-21(16)28-26(9,29-22)23(3,4)5/h10,12-15H,11H2,1-9H3. The minimum absolute atomic E-state index is 0.0761. The van der Waals surface area contributed by atoms with Crippen LogP contribution in [-0.2, 0) is 5.41 Å². The molecule has 1 aliphatic heterocycles. The third-order valence-electron chi connectivity index (χ3n) is 7.27. The highest BCUT2D eigenvalue weighted by Gasteiger charge is 2.53. The van der Waals surface area contributed by atoms with E-state index < -0.39 is 5.79 Å². The quantitative estimate of drug-likeness (QED) is 0.497. The molecule has 0 spiro atoms. The summed E-state index contributed by atoms with van der Waals surface area (Å²) in [6.45, 7) is 19.3. The van der Waals surface area contributed by atoms with Gasteiger partial charge in [-0.1, -0.05) is 60.6 Å². The first kappa shape index (κ1) is 20.3. The number of hydrogen-bond acceptors (Lipinski definition) is 3. The molecule has 0 aromatic heterocycles. The molecule has 2 unspecified atom stereocenters. The SMILES string of the molecule is CC(C)c1cc2c(c3c1OC(C)(C(C)(C)C)O3)C1(C)C=CCC(C)(C)C1=CC2=O. The Morgan fingerprint density at radius 2 is 1.66 bits per heavy atom. The van der Waals surface area contributed by atoms with Gasteiger partial charge in [0.2, 0.25) is 0 Å². The summed E-state index contributed by atoms with van der Waals surface area (Å²) >= 11 is 0. The summed E-state index contributed by atoms with van der Waals surface area (Å²) in [5.74, 6) is 1.08. The fraction of sp³-hybridized carbons (Fsp3) is 0.577. The number of rotatable bonds is 1. The van der Waals surface area contributed by atoms with Crippen LogP contribution in [0.15, 0.2) is 29.9 Å². The number of ether oxygens (including phenoxy) is 2. The zero-order chi connectivity index (χ0) is 21.6. The van der Waals surface area contributed by atoms with Crippen LogP contribution in [0, 0.1) is 10.8 Å². The van der Waals surface area contributed by atoms with Gasteiger partial charge in [0.1, 0.15) is 0 Å². The topological polar surface area (TPSA) is 35.5 Å². The molecule has 3 nitrogen and oxygen atoms in total. The van der Waals surface area contributed by atoms with Crippen molar-refractivity contribution in [3.05, 3.63) is 46.6 Å². The molecule has 0 N–H and O–H groups in total. The molecule has 3 heteroatoms. The number of hydrogen-bond donors (Lipinski definition) is 0. The second-order valence-corrected chi connectivity index (χ2v) is 11.2. The largest absolute Gasteiger partial charge is 0.448 e. The Kier molecular flexibility index (Phi) is 4.03. The predicted octanol–water partition coefficient (Wildman–Crippen LogP) is 6.71. The average Bonchev–Trinajstić information content (AvgIpc) is 2.93. The molecule has 4 rings (SSSR count). The second kappa shape index (κ2) is 5.77. The number of carbonyl (C=O) groups excluding carboxylic acids is 1. The Morgan fingerprint density at radius 3 is 2.24 bits per heavy atom. The van der Waals surface area contributed by atoms with Crippen LogP contribution in [0.2, 0.25) is 0 Å². The zero-order valence-electron chi connectivity index (χ0n) is 19.3. The van der Waals surface area contributed by atoms with Crippen LogP contribution in [0.5, 0.6) is 11.5 Å². The van der Waals surface area contributed by atoms with E-state index in [1.807, 2.05) is 19.1 Å². The van der Waals surface area contributed by atoms with Crippen LogP contribution in [-0.4, -0.2) is 11.6 Å². The minimum Gasteiger partial charge on any atom is -0.448 e. The summed E-state index contributed by atoms with van der Waals surface area (Å²) in [6, 6.07) is 2.05. The first-order valence-corrected chi connectivity index (χ1v) is 10.8. The number of ketones is 1. The molecule has 2 atom stereocenters. The molecule has 1 heterocycles.